The normalized spacial score (nSPS) is 14.5. The van der Waals surface area contributed by atoms with Gasteiger partial charge in [0.25, 0.3) is 5.91 Å². The quantitative estimate of drug-likeness (QED) is 0.418. The number of nitrogens with one attached hydrogen (secondary N) is 3. The standard InChI is InChI=1S/C24H39N3O6/c1-23(2,3)27-21(30)19(28)18(15-16-11-9-8-10-12-16)25-20(29)17(13-14-32-7)26-22(31)33-24(4,5)6/h8-12,17-19,28H,13-15H2,1-7H3,(H,25,29)(H,26,31)(H,27,30)/t17-,18?,19?/m0/s1. The number of amides is 3. The van der Waals surface area contributed by atoms with E-state index in [1.54, 1.807) is 41.5 Å². The first kappa shape index (κ1) is 28.4. The number of carbonyl (C=O) groups excluding carboxylic acids is 3. The lowest BCUT2D eigenvalue weighted by Gasteiger charge is -2.29. The van der Waals surface area contributed by atoms with Crippen LogP contribution in [0.4, 0.5) is 4.79 Å². The van der Waals surface area contributed by atoms with Crippen molar-refractivity contribution in [3.05, 3.63) is 35.9 Å². The number of ether oxygens (including phenoxy) is 2. The largest absolute Gasteiger partial charge is 0.444 e. The zero-order chi connectivity index (χ0) is 25.2. The van der Waals surface area contributed by atoms with Gasteiger partial charge in [-0.05, 0) is 53.5 Å². The van der Waals surface area contributed by atoms with Gasteiger partial charge in [0, 0.05) is 25.7 Å². The molecule has 2 unspecified atom stereocenters. The molecule has 0 spiro atoms. The van der Waals surface area contributed by atoms with Crippen molar-refractivity contribution in [1.82, 2.24) is 16.0 Å². The number of rotatable bonds is 10. The lowest BCUT2D eigenvalue weighted by atomic mass is 9.98. The molecule has 1 rings (SSSR count). The summed E-state index contributed by atoms with van der Waals surface area (Å²) in [7, 11) is 1.49. The number of carbonyl (C=O) groups is 3. The van der Waals surface area contributed by atoms with E-state index in [0.29, 0.717) is 0 Å². The van der Waals surface area contributed by atoms with Gasteiger partial charge in [-0.1, -0.05) is 30.3 Å². The Kier molecular flexibility index (Phi) is 10.8. The van der Waals surface area contributed by atoms with Gasteiger partial charge in [-0.15, -0.1) is 0 Å². The molecule has 3 amide bonds. The molecule has 0 fully saturated rings. The number of aliphatic hydroxyl groups excluding tert-OH is 1. The molecule has 3 atom stereocenters. The summed E-state index contributed by atoms with van der Waals surface area (Å²) in [6.45, 7) is 10.8. The summed E-state index contributed by atoms with van der Waals surface area (Å²) in [6, 6.07) is 7.31. The van der Waals surface area contributed by atoms with Gasteiger partial charge < -0.3 is 30.5 Å². The van der Waals surface area contributed by atoms with Crippen LogP contribution in [0.2, 0.25) is 0 Å². The number of alkyl carbamates (subject to hydrolysis) is 1. The fraction of sp³-hybridized carbons (Fsp3) is 0.625. The van der Waals surface area contributed by atoms with E-state index in [0.717, 1.165) is 5.56 Å². The predicted octanol–water partition coefficient (Wildman–Crippen LogP) is 1.92. The van der Waals surface area contributed by atoms with Gasteiger partial charge in [0.05, 0.1) is 6.04 Å². The molecular formula is C24H39N3O6. The fourth-order valence-corrected chi connectivity index (χ4v) is 2.97. The summed E-state index contributed by atoms with van der Waals surface area (Å²) in [5.74, 6) is -1.15. The van der Waals surface area contributed by atoms with E-state index in [4.69, 9.17) is 9.47 Å². The van der Waals surface area contributed by atoms with Crippen LogP contribution < -0.4 is 16.0 Å². The van der Waals surface area contributed by atoms with Gasteiger partial charge >= 0.3 is 6.09 Å². The third-order valence-electron chi connectivity index (χ3n) is 4.39. The van der Waals surface area contributed by atoms with E-state index >= 15 is 0 Å². The summed E-state index contributed by atoms with van der Waals surface area (Å²) in [6.07, 6.45) is -1.85. The van der Waals surface area contributed by atoms with Crippen LogP contribution in [0.5, 0.6) is 0 Å². The van der Waals surface area contributed by atoms with Crippen LogP contribution in [-0.2, 0) is 25.5 Å². The molecule has 0 saturated carbocycles. The third kappa shape index (κ3) is 11.7. The summed E-state index contributed by atoms with van der Waals surface area (Å²) < 4.78 is 10.3. The van der Waals surface area contributed by atoms with E-state index in [1.807, 2.05) is 30.3 Å². The summed E-state index contributed by atoms with van der Waals surface area (Å²) >= 11 is 0. The second-order valence-corrected chi connectivity index (χ2v) is 9.97. The average molecular weight is 466 g/mol. The second-order valence-electron chi connectivity index (χ2n) is 9.97. The first-order valence-corrected chi connectivity index (χ1v) is 11.0. The third-order valence-corrected chi connectivity index (χ3v) is 4.39. The molecule has 9 heteroatoms. The van der Waals surface area contributed by atoms with Crippen LogP contribution in [-0.4, -0.2) is 66.1 Å². The second kappa shape index (κ2) is 12.6. The Morgan fingerprint density at radius 2 is 1.58 bits per heavy atom. The van der Waals surface area contributed by atoms with Crippen LogP contribution in [0, 0.1) is 0 Å². The molecule has 1 aromatic rings. The Labute approximate surface area is 196 Å². The van der Waals surface area contributed by atoms with Crippen molar-refractivity contribution in [3.8, 4) is 0 Å². The molecule has 0 aliphatic heterocycles. The molecule has 0 aliphatic carbocycles. The summed E-state index contributed by atoms with van der Waals surface area (Å²) in [5, 5.41) is 18.8. The van der Waals surface area contributed by atoms with Gasteiger partial charge in [0.15, 0.2) is 6.10 Å². The molecule has 33 heavy (non-hydrogen) atoms. The van der Waals surface area contributed by atoms with E-state index in [-0.39, 0.29) is 19.4 Å². The molecule has 0 aliphatic rings. The minimum Gasteiger partial charge on any atom is -0.444 e. The molecule has 0 aromatic heterocycles. The van der Waals surface area contributed by atoms with Crippen molar-refractivity contribution in [2.24, 2.45) is 0 Å². The first-order chi connectivity index (χ1) is 15.2. The zero-order valence-electron chi connectivity index (χ0n) is 20.7. The maximum Gasteiger partial charge on any atom is 0.408 e. The highest BCUT2D eigenvalue weighted by molar-refractivity contribution is 5.87. The van der Waals surface area contributed by atoms with Crippen molar-refractivity contribution in [1.29, 1.82) is 0 Å². The number of methoxy groups -OCH3 is 1. The molecule has 0 heterocycles. The fourth-order valence-electron chi connectivity index (χ4n) is 2.97. The van der Waals surface area contributed by atoms with Crippen LogP contribution in [0.1, 0.15) is 53.5 Å². The van der Waals surface area contributed by atoms with Crippen molar-refractivity contribution in [3.63, 3.8) is 0 Å². The summed E-state index contributed by atoms with van der Waals surface area (Å²) in [5.41, 5.74) is -0.457. The molecule has 1 aromatic carbocycles. The smallest absolute Gasteiger partial charge is 0.408 e. The highest BCUT2D eigenvalue weighted by Crippen LogP contribution is 2.11. The van der Waals surface area contributed by atoms with Crippen LogP contribution >= 0.6 is 0 Å². The Balaban J connectivity index is 3.05. The van der Waals surface area contributed by atoms with Gasteiger partial charge in [-0.3, -0.25) is 9.59 Å². The summed E-state index contributed by atoms with van der Waals surface area (Å²) in [4.78, 5) is 38.0. The van der Waals surface area contributed by atoms with Crippen molar-refractivity contribution < 1.29 is 29.0 Å². The van der Waals surface area contributed by atoms with E-state index in [9.17, 15) is 19.5 Å². The Morgan fingerprint density at radius 3 is 2.09 bits per heavy atom. The lowest BCUT2D eigenvalue weighted by Crippen LogP contribution is -2.58. The van der Waals surface area contributed by atoms with Crippen molar-refractivity contribution in [2.75, 3.05) is 13.7 Å². The van der Waals surface area contributed by atoms with Crippen LogP contribution in [0.25, 0.3) is 0 Å². The van der Waals surface area contributed by atoms with Crippen molar-refractivity contribution >= 4 is 17.9 Å². The minimum atomic E-state index is -1.50. The highest BCUT2D eigenvalue weighted by atomic mass is 16.6. The monoisotopic (exact) mass is 465 g/mol. The molecule has 186 valence electrons. The molecule has 0 saturated heterocycles. The van der Waals surface area contributed by atoms with Gasteiger partial charge in [0.2, 0.25) is 5.91 Å². The first-order valence-electron chi connectivity index (χ1n) is 11.0. The molecule has 0 radical (unpaired) electrons. The topological polar surface area (TPSA) is 126 Å². The SMILES string of the molecule is COCC[C@H](NC(=O)OC(C)(C)C)C(=O)NC(Cc1ccccc1)C(O)C(=O)NC(C)(C)C. The number of hydrogen-bond acceptors (Lipinski definition) is 6. The van der Waals surface area contributed by atoms with Gasteiger partial charge in [-0.25, -0.2) is 4.79 Å². The molecule has 9 nitrogen and oxygen atoms in total. The van der Waals surface area contributed by atoms with Crippen LogP contribution in [0.3, 0.4) is 0 Å². The van der Waals surface area contributed by atoms with E-state index in [2.05, 4.69) is 16.0 Å². The van der Waals surface area contributed by atoms with Crippen LogP contribution in [0.15, 0.2) is 30.3 Å². The maximum absolute atomic E-state index is 13.1. The van der Waals surface area contributed by atoms with E-state index < -0.39 is 47.2 Å². The highest BCUT2D eigenvalue weighted by Gasteiger charge is 2.32. The maximum atomic E-state index is 13.1. The zero-order valence-corrected chi connectivity index (χ0v) is 20.7. The Bertz CT molecular complexity index is 771. The Hall–Kier alpha value is -2.65. The number of benzene rings is 1. The van der Waals surface area contributed by atoms with Crippen molar-refractivity contribution in [2.45, 2.75) is 83.7 Å². The lowest BCUT2D eigenvalue weighted by molar-refractivity contribution is -0.134. The molecule has 0 bridgehead atoms. The molecule has 4 N–H and O–H groups in total. The number of aliphatic hydroxyl groups is 1. The molecular weight excluding hydrogens is 426 g/mol. The van der Waals surface area contributed by atoms with E-state index in [1.165, 1.54) is 7.11 Å². The van der Waals surface area contributed by atoms with Gasteiger partial charge in [0.1, 0.15) is 11.6 Å². The van der Waals surface area contributed by atoms with Gasteiger partial charge in [-0.2, -0.15) is 0 Å². The average Bonchev–Trinajstić information content (AvgIpc) is 2.68. The Morgan fingerprint density at radius 1 is 0.970 bits per heavy atom. The minimum absolute atomic E-state index is 0.184. The predicted molar refractivity (Wildman–Crippen MR) is 126 cm³/mol. The number of hydrogen-bond donors (Lipinski definition) is 4.